The minimum absolute atomic E-state index is 0.0340. The molecule has 0 aromatic heterocycles. The van der Waals surface area contributed by atoms with Crippen LogP contribution in [-0.2, 0) is 10.2 Å². The highest BCUT2D eigenvalue weighted by atomic mass is 32.2. The average Bonchev–Trinajstić information content (AvgIpc) is 2.78. The van der Waals surface area contributed by atoms with Gasteiger partial charge >= 0.3 is 0 Å². The van der Waals surface area contributed by atoms with Gasteiger partial charge in [-0.05, 0) is 54.3 Å². The summed E-state index contributed by atoms with van der Waals surface area (Å²) in [5, 5.41) is 2.63. The second kappa shape index (κ2) is 10.0. The van der Waals surface area contributed by atoms with E-state index in [1.54, 1.807) is 31.4 Å². The van der Waals surface area contributed by atoms with Crippen molar-refractivity contribution in [1.82, 2.24) is 0 Å². The molecule has 0 spiro atoms. The van der Waals surface area contributed by atoms with E-state index in [0.717, 1.165) is 10.6 Å². The van der Waals surface area contributed by atoms with Crippen LogP contribution in [0.5, 0.6) is 5.75 Å². The summed E-state index contributed by atoms with van der Waals surface area (Å²) in [5.41, 5.74) is 2.99. The number of benzene rings is 3. The molecule has 3 aromatic carbocycles. The topological polar surface area (TPSA) is 55.4 Å². The zero-order valence-corrected chi connectivity index (χ0v) is 20.0. The van der Waals surface area contributed by atoms with Crippen LogP contribution in [0.3, 0.4) is 0 Å². The second-order valence-corrected chi connectivity index (χ2v) is 10.1. The molecule has 0 fully saturated rings. The number of amides is 1. The van der Waals surface area contributed by atoms with Gasteiger partial charge in [0.15, 0.2) is 5.78 Å². The fourth-order valence-corrected chi connectivity index (χ4v) is 4.05. The maximum atomic E-state index is 12.9. The van der Waals surface area contributed by atoms with Crippen LogP contribution in [0.4, 0.5) is 5.69 Å². The van der Waals surface area contributed by atoms with Gasteiger partial charge in [0, 0.05) is 21.7 Å². The summed E-state index contributed by atoms with van der Waals surface area (Å²) in [5.74, 6) is 0.591. The van der Waals surface area contributed by atoms with E-state index in [-0.39, 0.29) is 22.4 Å². The Morgan fingerprint density at radius 1 is 0.906 bits per heavy atom. The first-order valence-corrected chi connectivity index (χ1v) is 11.4. The first-order chi connectivity index (χ1) is 15.2. The summed E-state index contributed by atoms with van der Waals surface area (Å²) >= 11 is 1.47. The third-order valence-corrected chi connectivity index (χ3v) is 6.26. The van der Waals surface area contributed by atoms with Gasteiger partial charge in [0.2, 0.25) is 5.91 Å². The Kier molecular flexibility index (Phi) is 7.41. The molecule has 5 heteroatoms. The van der Waals surface area contributed by atoms with Gasteiger partial charge in [-0.2, -0.15) is 0 Å². The third kappa shape index (κ3) is 6.01. The molecule has 166 valence electrons. The number of nitrogens with one attached hydrogen (secondary N) is 1. The molecule has 0 aliphatic carbocycles. The molecule has 1 N–H and O–H groups in total. The molecule has 1 amide bonds. The summed E-state index contributed by atoms with van der Waals surface area (Å²) in [7, 11) is 1.62. The third-order valence-electron chi connectivity index (χ3n) is 5.15. The number of hydrogen-bond donors (Lipinski definition) is 1. The summed E-state index contributed by atoms with van der Waals surface area (Å²) in [6.07, 6.45) is 0. The molecule has 0 saturated heterocycles. The number of ketones is 1. The number of ether oxygens (including phenoxy) is 1. The number of methoxy groups -OCH3 is 1. The van der Waals surface area contributed by atoms with Crippen molar-refractivity contribution in [2.24, 2.45) is 0 Å². The Hall–Kier alpha value is -3.05. The zero-order valence-electron chi connectivity index (χ0n) is 19.1. The molecule has 32 heavy (non-hydrogen) atoms. The largest absolute Gasteiger partial charge is 0.497 e. The zero-order chi connectivity index (χ0) is 23.3. The predicted octanol–water partition coefficient (Wildman–Crippen LogP) is 6.34. The van der Waals surface area contributed by atoms with E-state index >= 15 is 0 Å². The monoisotopic (exact) mass is 447 g/mol. The maximum absolute atomic E-state index is 12.9. The number of thioether (sulfide) groups is 1. The molecule has 3 rings (SSSR count). The van der Waals surface area contributed by atoms with E-state index in [1.165, 1.54) is 17.3 Å². The SMILES string of the molecule is COc1ccc(S[C@H](C)C(=O)Nc2cccc(C(=O)c3ccc(C(C)(C)C)cc3)c2)cc1. The van der Waals surface area contributed by atoms with E-state index in [0.29, 0.717) is 16.8 Å². The van der Waals surface area contributed by atoms with Gasteiger partial charge in [0.25, 0.3) is 0 Å². The molecular weight excluding hydrogens is 418 g/mol. The van der Waals surface area contributed by atoms with Crippen LogP contribution in [0, 0.1) is 0 Å². The lowest BCUT2D eigenvalue weighted by atomic mass is 9.86. The predicted molar refractivity (Wildman–Crippen MR) is 132 cm³/mol. The van der Waals surface area contributed by atoms with Crippen LogP contribution in [0.1, 0.15) is 49.2 Å². The van der Waals surface area contributed by atoms with Crippen LogP contribution in [0.2, 0.25) is 0 Å². The Morgan fingerprint density at radius 2 is 1.56 bits per heavy atom. The van der Waals surface area contributed by atoms with Crippen LogP contribution >= 0.6 is 11.8 Å². The van der Waals surface area contributed by atoms with Gasteiger partial charge in [0.05, 0.1) is 12.4 Å². The molecule has 3 aromatic rings. The first kappa shape index (κ1) is 23.6. The normalized spacial score (nSPS) is 12.2. The van der Waals surface area contributed by atoms with Crippen molar-refractivity contribution in [2.75, 3.05) is 12.4 Å². The van der Waals surface area contributed by atoms with Crippen LogP contribution in [0.25, 0.3) is 0 Å². The molecule has 0 aliphatic heterocycles. The van der Waals surface area contributed by atoms with Gasteiger partial charge in [-0.15, -0.1) is 11.8 Å². The highest BCUT2D eigenvalue weighted by Crippen LogP contribution is 2.27. The van der Waals surface area contributed by atoms with Crippen LogP contribution < -0.4 is 10.1 Å². The van der Waals surface area contributed by atoms with Gasteiger partial charge in [-0.1, -0.05) is 57.2 Å². The van der Waals surface area contributed by atoms with Gasteiger partial charge in [-0.25, -0.2) is 0 Å². The summed E-state index contributed by atoms with van der Waals surface area (Å²) < 4.78 is 5.17. The number of rotatable bonds is 7. The highest BCUT2D eigenvalue weighted by molar-refractivity contribution is 8.00. The van der Waals surface area contributed by atoms with Gasteiger partial charge < -0.3 is 10.1 Å². The molecule has 0 aliphatic rings. The number of carbonyl (C=O) groups excluding carboxylic acids is 2. The van der Waals surface area contributed by atoms with Crippen molar-refractivity contribution < 1.29 is 14.3 Å². The first-order valence-electron chi connectivity index (χ1n) is 10.5. The van der Waals surface area contributed by atoms with Crippen molar-refractivity contribution in [1.29, 1.82) is 0 Å². The number of anilines is 1. The standard InChI is InChI=1S/C27H29NO3S/c1-18(32-24-15-13-23(31-5)14-16-24)26(30)28-22-8-6-7-20(17-22)25(29)19-9-11-21(12-10-19)27(2,3)4/h6-18H,1-5H3,(H,28,30)/t18-/m1/s1. The van der Waals surface area contributed by atoms with E-state index in [2.05, 4.69) is 26.1 Å². The highest BCUT2D eigenvalue weighted by Gasteiger charge is 2.17. The van der Waals surface area contributed by atoms with Crippen molar-refractivity contribution in [3.05, 3.63) is 89.5 Å². The Bertz CT molecular complexity index is 1080. The van der Waals surface area contributed by atoms with Gasteiger partial charge in [-0.3, -0.25) is 9.59 Å². The van der Waals surface area contributed by atoms with Crippen molar-refractivity contribution in [2.45, 2.75) is 43.3 Å². The summed E-state index contributed by atoms with van der Waals surface area (Å²) in [6, 6.07) is 22.4. The van der Waals surface area contributed by atoms with Crippen molar-refractivity contribution in [3.8, 4) is 5.75 Å². The molecule has 0 heterocycles. The lowest BCUT2D eigenvalue weighted by Gasteiger charge is -2.19. The fourth-order valence-electron chi connectivity index (χ4n) is 3.18. The molecule has 0 unspecified atom stereocenters. The van der Waals surface area contributed by atoms with Crippen LogP contribution in [0.15, 0.2) is 77.7 Å². The van der Waals surface area contributed by atoms with Crippen LogP contribution in [-0.4, -0.2) is 24.1 Å². The minimum Gasteiger partial charge on any atom is -0.497 e. The average molecular weight is 448 g/mol. The Balaban J connectivity index is 1.67. The van der Waals surface area contributed by atoms with Crippen molar-refractivity contribution >= 4 is 29.1 Å². The van der Waals surface area contributed by atoms with E-state index in [9.17, 15) is 9.59 Å². The van der Waals surface area contributed by atoms with Gasteiger partial charge in [0.1, 0.15) is 5.75 Å². The fraction of sp³-hybridized carbons (Fsp3) is 0.259. The maximum Gasteiger partial charge on any atom is 0.237 e. The Morgan fingerprint density at radius 3 is 2.16 bits per heavy atom. The van der Waals surface area contributed by atoms with E-state index in [4.69, 9.17) is 4.74 Å². The van der Waals surface area contributed by atoms with Crippen molar-refractivity contribution in [3.63, 3.8) is 0 Å². The number of carbonyl (C=O) groups is 2. The minimum atomic E-state index is -0.298. The molecule has 0 radical (unpaired) electrons. The summed E-state index contributed by atoms with van der Waals surface area (Å²) in [4.78, 5) is 26.6. The van der Waals surface area contributed by atoms with E-state index < -0.39 is 0 Å². The molecule has 0 bridgehead atoms. The number of hydrogen-bond acceptors (Lipinski definition) is 4. The smallest absolute Gasteiger partial charge is 0.237 e. The lowest BCUT2D eigenvalue weighted by Crippen LogP contribution is -2.22. The summed E-state index contributed by atoms with van der Waals surface area (Å²) in [6.45, 7) is 8.29. The second-order valence-electron chi connectivity index (χ2n) is 8.66. The Labute approximate surface area is 194 Å². The molecule has 1 atom stereocenters. The lowest BCUT2D eigenvalue weighted by molar-refractivity contribution is -0.115. The molecule has 4 nitrogen and oxygen atoms in total. The molecule has 0 saturated carbocycles. The molecular formula is C27H29NO3S. The van der Waals surface area contributed by atoms with E-state index in [1.807, 2.05) is 55.5 Å². The quantitative estimate of drug-likeness (QED) is 0.339.